The Bertz CT molecular complexity index is 766. The minimum atomic E-state index is -0.603. The number of nitrogens with two attached hydrogens (primary N) is 1. The number of carbonyl (C=O) groups excluding carboxylic acids is 1. The van der Waals surface area contributed by atoms with Gasteiger partial charge in [0.25, 0.3) is 0 Å². The molecule has 1 unspecified atom stereocenters. The molecular formula is C22H28ClNO4. The molecule has 0 fully saturated rings. The molecule has 0 heterocycles. The summed E-state index contributed by atoms with van der Waals surface area (Å²) in [5.74, 6) is 0.448. The Morgan fingerprint density at radius 3 is 2.61 bits per heavy atom. The second-order valence-corrected chi connectivity index (χ2v) is 6.97. The highest BCUT2D eigenvalue weighted by molar-refractivity contribution is 6.30. The molecule has 0 radical (unpaired) electrons. The monoisotopic (exact) mass is 405 g/mol. The third-order valence-corrected chi connectivity index (χ3v) is 4.67. The number of halogens is 1. The molecular weight excluding hydrogens is 378 g/mol. The summed E-state index contributed by atoms with van der Waals surface area (Å²) in [7, 11) is 0. The first-order chi connectivity index (χ1) is 13.5. The number of hydrogen-bond donors (Lipinski definition) is 2. The van der Waals surface area contributed by atoms with Crippen molar-refractivity contribution in [2.45, 2.75) is 38.7 Å². The Hall–Kier alpha value is -2.08. The summed E-state index contributed by atoms with van der Waals surface area (Å²) in [5, 5.41) is 9.89. The van der Waals surface area contributed by atoms with Gasteiger partial charge in [-0.05, 0) is 73.6 Å². The summed E-state index contributed by atoms with van der Waals surface area (Å²) in [6, 6.07) is 13.1. The number of fused-ring (bicyclic) bond motifs is 1. The fourth-order valence-corrected chi connectivity index (χ4v) is 3.19. The predicted octanol–water partition coefficient (Wildman–Crippen LogP) is 3.84. The van der Waals surface area contributed by atoms with E-state index in [1.807, 2.05) is 12.1 Å². The van der Waals surface area contributed by atoms with Crippen LogP contribution in [0.2, 0.25) is 5.02 Å². The van der Waals surface area contributed by atoms with E-state index < -0.39 is 6.10 Å². The minimum absolute atomic E-state index is 0.00731. The molecule has 0 saturated carbocycles. The number of aliphatic hydroxyl groups is 1. The van der Waals surface area contributed by atoms with E-state index in [4.69, 9.17) is 26.8 Å². The first-order valence-electron chi connectivity index (χ1n) is 9.57. The predicted molar refractivity (Wildman–Crippen MR) is 111 cm³/mol. The van der Waals surface area contributed by atoms with Crippen LogP contribution in [0.4, 0.5) is 0 Å². The first kappa shape index (κ1) is 22.2. The van der Waals surface area contributed by atoms with Gasteiger partial charge in [0.05, 0.1) is 12.7 Å². The SMILES string of the molecule is CCOC(=O)COc1ccc2c(c1)CCCC2.NCC(O)c1cccc(Cl)c1. The number of aryl methyl sites for hydroxylation is 2. The Labute approximate surface area is 171 Å². The Morgan fingerprint density at radius 2 is 1.93 bits per heavy atom. The van der Waals surface area contributed by atoms with Gasteiger partial charge in [-0.25, -0.2) is 4.79 Å². The van der Waals surface area contributed by atoms with Gasteiger partial charge in [-0.2, -0.15) is 0 Å². The lowest BCUT2D eigenvalue weighted by molar-refractivity contribution is -0.145. The van der Waals surface area contributed by atoms with E-state index in [0.717, 1.165) is 24.2 Å². The third kappa shape index (κ3) is 7.15. The summed E-state index contributed by atoms with van der Waals surface area (Å²) in [6.07, 6.45) is 4.19. The Balaban J connectivity index is 0.000000221. The standard InChI is InChI=1S/C14H18O3.C8H10ClNO/c1-2-16-14(15)10-17-13-8-7-11-5-3-4-6-12(11)9-13;9-7-3-1-2-6(4-7)8(11)5-10/h7-9H,2-6,10H2,1H3;1-4,8,11H,5,10H2. The Kier molecular flexibility index (Phi) is 9.28. The van der Waals surface area contributed by atoms with E-state index in [2.05, 4.69) is 6.07 Å². The Morgan fingerprint density at radius 1 is 1.18 bits per heavy atom. The molecule has 0 aromatic heterocycles. The van der Waals surface area contributed by atoms with Gasteiger partial charge in [0.1, 0.15) is 5.75 Å². The van der Waals surface area contributed by atoms with Crippen LogP contribution in [0.25, 0.3) is 0 Å². The number of esters is 1. The molecule has 0 bridgehead atoms. The van der Waals surface area contributed by atoms with E-state index in [1.54, 1.807) is 31.2 Å². The topological polar surface area (TPSA) is 81.8 Å². The number of aliphatic hydroxyl groups excluding tert-OH is 1. The molecule has 1 aliphatic rings. The van der Waals surface area contributed by atoms with Gasteiger partial charge >= 0.3 is 5.97 Å². The van der Waals surface area contributed by atoms with Crippen molar-refractivity contribution in [1.29, 1.82) is 0 Å². The van der Waals surface area contributed by atoms with Crippen molar-refractivity contribution in [3.63, 3.8) is 0 Å². The van der Waals surface area contributed by atoms with Crippen LogP contribution >= 0.6 is 11.6 Å². The van der Waals surface area contributed by atoms with Gasteiger partial charge in [0.2, 0.25) is 0 Å². The number of benzene rings is 2. The van der Waals surface area contributed by atoms with Gasteiger partial charge in [0, 0.05) is 11.6 Å². The third-order valence-electron chi connectivity index (χ3n) is 4.44. The maximum atomic E-state index is 11.2. The molecule has 1 aliphatic carbocycles. The molecule has 0 aliphatic heterocycles. The normalized spacial score (nSPS) is 13.6. The van der Waals surface area contributed by atoms with E-state index in [-0.39, 0.29) is 19.1 Å². The second-order valence-electron chi connectivity index (χ2n) is 6.54. The van der Waals surface area contributed by atoms with E-state index in [1.165, 1.54) is 24.0 Å². The van der Waals surface area contributed by atoms with Crippen molar-refractivity contribution in [3.8, 4) is 5.75 Å². The van der Waals surface area contributed by atoms with Crippen molar-refractivity contribution in [3.05, 3.63) is 64.2 Å². The van der Waals surface area contributed by atoms with Crippen LogP contribution in [-0.2, 0) is 22.4 Å². The van der Waals surface area contributed by atoms with Crippen molar-refractivity contribution < 1.29 is 19.4 Å². The summed E-state index contributed by atoms with van der Waals surface area (Å²) in [5.41, 5.74) is 8.80. The summed E-state index contributed by atoms with van der Waals surface area (Å²) in [4.78, 5) is 11.2. The summed E-state index contributed by atoms with van der Waals surface area (Å²) < 4.78 is 10.2. The molecule has 6 heteroatoms. The molecule has 1 atom stereocenters. The van der Waals surface area contributed by atoms with Crippen LogP contribution in [0, 0.1) is 0 Å². The van der Waals surface area contributed by atoms with Crippen molar-refractivity contribution in [2.24, 2.45) is 5.73 Å². The highest BCUT2D eigenvalue weighted by Crippen LogP contribution is 2.25. The summed E-state index contributed by atoms with van der Waals surface area (Å²) >= 11 is 5.69. The fourth-order valence-electron chi connectivity index (χ4n) is 2.99. The van der Waals surface area contributed by atoms with E-state index >= 15 is 0 Å². The van der Waals surface area contributed by atoms with Crippen LogP contribution in [0.5, 0.6) is 5.75 Å². The van der Waals surface area contributed by atoms with Crippen molar-refractivity contribution >= 4 is 17.6 Å². The number of hydrogen-bond acceptors (Lipinski definition) is 5. The molecule has 2 aromatic carbocycles. The highest BCUT2D eigenvalue weighted by atomic mass is 35.5. The minimum Gasteiger partial charge on any atom is -0.482 e. The summed E-state index contributed by atoms with van der Waals surface area (Å²) in [6.45, 7) is 2.40. The lowest BCUT2D eigenvalue weighted by atomic mass is 9.92. The molecule has 0 saturated heterocycles. The number of rotatable bonds is 6. The van der Waals surface area contributed by atoms with E-state index in [9.17, 15) is 9.90 Å². The largest absolute Gasteiger partial charge is 0.482 e. The van der Waals surface area contributed by atoms with E-state index in [0.29, 0.717) is 11.6 Å². The number of carbonyl (C=O) groups is 1. The average molecular weight is 406 g/mol. The first-order valence-corrected chi connectivity index (χ1v) is 9.95. The van der Waals surface area contributed by atoms with Crippen molar-refractivity contribution in [1.82, 2.24) is 0 Å². The van der Waals surface area contributed by atoms with Gasteiger partial charge in [-0.1, -0.05) is 29.8 Å². The second kappa shape index (κ2) is 11.7. The molecule has 2 aromatic rings. The molecule has 0 spiro atoms. The maximum Gasteiger partial charge on any atom is 0.344 e. The van der Waals surface area contributed by atoms with Gasteiger partial charge in [-0.15, -0.1) is 0 Å². The lowest BCUT2D eigenvalue weighted by Crippen LogP contribution is -2.14. The molecule has 152 valence electrons. The lowest BCUT2D eigenvalue weighted by Gasteiger charge is -2.16. The van der Waals surface area contributed by atoms with Crippen LogP contribution in [0.1, 0.15) is 42.6 Å². The van der Waals surface area contributed by atoms with Gasteiger partial charge in [0.15, 0.2) is 6.61 Å². The van der Waals surface area contributed by atoms with Crippen LogP contribution in [0.3, 0.4) is 0 Å². The molecule has 0 amide bonds. The quantitative estimate of drug-likeness (QED) is 0.713. The van der Waals surface area contributed by atoms with Crippen molar-refractivity contribution in [2.75, 3.05) is 19.8 Å². The zero-order valence-electron chi connectivity index (χ0n) is 16.2. The van der Waals surface area contributed by atoms with Crippen LogP contribution in [0.15, 0.2) is 42.5 Å². The average Bonchev–Trinajstić information content (AvgIpc) is 2.72. The highest BCUT2D eigenvalue weighted by Gasteiger charge is 2.10. The van der Waals surface area contributed by atoms with Gasteiger partial charge < -0.3 is 20.3 Å². The maximum absolute atomic E-state index is 11.2. The van der Waals surface area contributed by atoms with Crippen LogP contribution in [-0.4, -0.2) is 30.8 Å². The van der Waals surface area contributed by atoms with Gasteiger partial charge in [-0.3, -0.25) is 0 Å². The molecule has 3 rings (SSSR count). The zero-order chi connectivity index (χ0) is 20.4. The molecule has 28 heavy (non-hydrogen) atoms. The number of ether oxygens (including phenoxy) is 2. The van der Waals surface area contributed by atoms with Crippen LogP contribution < -0.4 is 10.5 Å². The molecule has 5 nitrogen and oxygen atoms in total. The fraction of sp³-hybridized carbons (Fsp3) is 0.409. The smallest absolute Gasteiger partial charge is 0.344 e. The molecule has 3 N–H and O–H groups in total. The zero-order valence-corrected chi connectivity index (χ0v) is 17.0.